The number of esters is 2. The molecule has 0 spiro atoms. The van der Waals surface area contributed by atoms with Gasteiger partial charge in [-0.3, -0.25) is 9.59 Å². The van der Waals surface area contributed by atoms with E-state index >= 15 is 0 Å². The quantitative estimate of drug-likeness (QED) is 0.104. The van der Waals surface area contributed by atoms with Crippen molar-refractivity contribution in [1.29, 1.82) is 0 Å². The summed E-state index contributed by atoms with van der Waals surface area (Å²) in [5.74, 6) is -1.14. The SMILES string of the molecule is CCN(Cc1ccccc1C(=O)OC)c1ccccc1C(F)(F)F.COC(=O)CBr.O=C1c2ccccc2CN1c1ccccc1C(F)(F)F.O=C=O. The molecule has 0 aromatic heterocycles. The number of hydrogen-bond donors (Lipinski definition) is 0. The summed E-state index contributed by atoms with van der Waals surface area (Å²) in [5, 5.41) is 0.281. The van der Waals surface area contributed by atoms with Crippen LogP contribution < -0.4 is 9.80 Å². The molecule has 53 heavy (non-hydrogen) atoms. The van der Waals surface area contributed by atoms with E-state index in [-0.39, 0.29) is 41.9 Å². The van der Waals surface area contributed by atoms with Crippen LogP contribution in [0.2, 0.25) is 0 Å². The Morgan fingerprint density at radius 3 is 1.85 bits per heavy atom. The van der Waals surface area contributed by atoms with Gasteiger partial charge in [0.05, 0.1) is 43.1 Å². The van der Waals surface area contributed by atoms with E-state index in [1.165, 1.54) is 49.5 Å². The molecule has 282 valence electrons. The number of para-hydroxylation sites is 2. The second kappa shape index (κ2) is 20.5. The van der Waals surface area contributed by atoms with Gasteiger partial charge in [-0.1, -0.05) is 76.6 Å². The first-order chi connectivity index (χ1) is 25.1. The number of benzene rings is 4. The zero-order chi connectivity index (χ0) is 39.8. The second-order valence-electron chi connectivity index (χ2n) is 10.5. The Labute approximate surface area is 309 Å². The normalized spacial score (nSPS) is 11.6. The summed E-state index contributed by atoms with van der Waals surface area (Å²) in [4.78, 5) is 53.0. The summed E-state index contributed by atoms with van der Waals surface area (Å²) in [6.45, 7) is 2.48. The van der Waals surface area contributed by atoms with Crippen molar-refractivity contribution in [3.05, 3.63) is 130 Å². The van der Waals surface area contributed by atoms with Gasteiger partial charge in [0.25, 0.3) is 5.91 Å². The van der Waals surface area contributed by atoms with E-state index in [2.05, 4.69) is 20.7 Å². The fourth-order valence-corrected chi connectivity index (χ4v) is 5.21. The van der Waals surface area contributed by atoms with Crippen LogP contribution >= 0.6 is 15.9 Å². The molecule has 1 amide bonds. The number of fused-ring (bicyclic) bond motifs is 1. The molecule has 0 fully saturated rings. The number of methoxy groups -OCH3 is 2. The van der Waals surface area contributed by atoms with E-state index in [0.717, 1.165) is 17.7 Å². The van der Waals surface area contributed by atoms with Crippen LogP contribution in [0.5, 0.6) is 0 Å². The molecule has 1 aliphatic rings. The van der Waals surface area contributed by atoms with Crippen molar-refractivity contribution in [2.45, 2.75) is 32.4 Å². The minimum Gasteiger partial charge on any atom is -0.468 e. The number of carbonyl (C=O) groups is 3. The molecular weight excluding hydrogens is 778 g/mol. The van der Waals surface area contributed by atoms with Crippen LogP contribution in [-0.4, -0.2) is 50.1 Å². The van der Waals surface area contributed by atoms with Gasteiger partial charge in [-0.05, 0) is 54.4 Å². The van der Waals surface area contributed by atoms with Gasteiger partial charge in [0, 0.05) is 24.3 Å². The number of nitrogens with zero attached hydrogens (tertiary/aromatic N) is 2. The number of anilines is 2. The molecule has 0 N–H and O–H groups in total. The van der Waals surface area contributed by atoms with Crippen molar-refractivity contribution in [3.63, 3.8) is 0 Å². The summed E-state index contributed by atoms with van der Waals surface area (Å²) in [6, 6.07) is 24.2. The highest BCUT2D eigenvalue weighted by molar-refractivity contribution is 9.09. The second-order valence-corrected chi connectivity index (χ2v) is 11.1. The molecule has 5 rings (SSSR count). The smallest absolute Gasteiger partial charge is 0.418 e. The monoisotopic (exact) mass is 810 g/mol. The van der Waals surface area contributed by atoms with E-state index in [1.807, 2.05) is 0 Å². The van der Waals surface area contributed by atoms with Crippen LogP contribution in [0.3, 0.4) is 0 Å². The number of alkyl halides is 7. The van der Waals surface area contributed by atoms with Crippen LogP contribution in [0.1, 0.15) is 49.9 Å². The van der Waals surface area contributed by atoms with Crippen molar-refractivity contribution < 1.29 is 59.8 Å². The van der Waals surface area contributed by atoms with Crippen molar-refractivity contribution in [1.82, 2.24) is 0 Å². The molecule has 0 saturated carbocycles. The average Bonchev–Trinajstić information content (AvgIpc) is 3.49. The molecule has 1 aliphatic heterocycles. The van der Waals surface area contributed by atoms with Gasteiger partial charge < -0.3 is 19.3 Å². The third-order valence-electron chi connectivity index (χ3n) is 7.37. The van der Waals surface area contributed by atoms with Crippen LogP contribution in [0.25, 0.3) is 0 Å². The maximum Gasteiger partial charge on any atom is 0.418 e. The number of hydrogen-bond acceptors (Lipinski definition) is 8. The van der Waals surface area contributed by atoms with Crippen LogP contribution in [0.15, 0.2) is 97.1 Å². The molecule has 0 saturated heterocycles. The van der Waals surface area contributed by atoms with E-state index < -0.39 is 35.4 Å². The Kier molecular flexibility index (Phi) is 16.9. The van der Waals surface area contributed by atoms with E-state index in [1.54, 1.807) is 66.4 Å². The molecule has 4 aromatic carbocycles. The predicted molar refractivity (Wildman–Crippen MR) is 185 cm³/mol. The Balaban J connectivity index is 0.000000302. The van der Waals surface area contributed by atoms with Crippen LogP contribution in [0.4, 0.5) is 37.7 Å². The maximum absolute atomic E-state index is 13.2. The van der Waals surface area contributed by atoms with Crippen molar-refractivity contribution >= 4 is 51.3 Å². The lowest BCUT2D eigenvalue weighted by Crippen LogP contribution is -2.26. The molecule has 4 aromatic rings. The number of carbonyl (C=O) groups excluding carboxylic acids is 5. The first kappa shape index (κ1) is 43.7. The largest absolute Gasteiger partial charge is 0.468 e. The van der Waals surface area contributed by atoms with Crippen molar-refractivity contribution in [2.24, 2.45) is 0 Å². The van der Waals surface area contributed by atoms with Gasteiger partial charge in [0.15, 0.2) is 0 Å². The predicted octanol–water partition coefficient (Wildman–Crippen LogP) is 8.36. The Hall–Kier alpha value is -5.47. The Morgan fingerprint density at radius 1 is 0.792 bits per heavy atom. The summed E-state index contributed by atoms with van der Waals surface area (Å²) in [6.07, 6.45) is -8.67. The lowest BCUT2D eigenvalue weighted by Gasteiger charge is -2.27. The zero-order valence-electron chi connectivity index (χ0n) is 28.5. The van der Waals surface area contributed by atoms with Gasteiger partial charge >= 0.3 is 30.4 Å². The Morgan fingerprint density at radius 2 is 1.32 bits per heavy atom. The van der Waals surface area contributed by atoms with Gasteiger partial charge in [-0.15, -0.1) is 0 Å². The molecule has 9 nitrogen and oxygen atoms in total. The fraction of sp³-hybridized carbons (Fsp3) is 0.243. The number of halogens is 7. The van der Waals surface area contributed by atoms with Gasteiger partial charge in [0.1, 0.15) is 5.33 Å². The summed E-state index contributed by atoms with van der Waals surface area (Å²) >= 11 is 2.90. The van der Waals surface area contributed by atoms with E-state index in [4.69, 9.17) is 14.3 Å². The standard InChI is InChI=1S/C18H18F3NO2.C15H10F3NO.C3H5BrO2.CO2/c1-3-22(16-11-7-6-10-15(16)18(19,20)21)12-13-8-4-5-9-14(13)17(23)24-2;16-15(17,18)12-7-3-4-8-13(12)19-9-10-5-1-2-6-11(10)14(19)20;1-6-3(5)2-4;2-1-3/h4-11H,3,12H2,1-2H3;1-8H,9H2;2H2,1H3;. The maximum atomic E-state index is 13.2. The van der Waals surface area contributed by atoms with Crippen molar-refractivity contribution in [2.75, 3.05) is 35.9 Å². The molecule has 16 heteroatoms. The molecule has 0 radical (unpaired) electrons. The third kappa shape index (κ3) is 12.3. The molecule has 0 aliphatic carbocycles. The molecule has 0 unspecified atom stereocenters. The molecule has 0 bridgehead atoms. The third-order valence-corrected chi connectivity index (χ3v) is 7.83. The fourth-order valence-electron chi connectivity index (χ4n) is 4.98. The number of rotatable bonds is 7. The highest BCUT2D eigenvalue weighted by Gasteiger charge is 2.38. The molecule has 1 heterocycles. The zero-order valence-corrected chi connectivity index (χ0v) is 30.0. The first-order valence-corrected chi connectivity index (χ1v) is 16.5. The minimum atomic E-state index is -4.48. The highest BCUT2D eigenvalue weighted by Crippen LogP contribution is 2.39. The summed E-state index contributed by atoms with van der Waals surface area (Å²) in [7, 11) is 2.62. The van der Waals surface area contributed by atoms with Gasteiger partial charge in [-0.25, -0.2) is 4.79 Å². The number of amides is 1. The first-order valence-electron chi connectivity index (χ1n) is 15.3. The van der Waals surface area contributed by atoms with Gasteiger partial charge in [-0.2, -0.15) is 35.9 Å². The average molecular weight is 812 g/mol. The van der Waals surface area contributed by atoms with Gasteiger partial charge in [0.2, 0.25) is 0 Å². The van der Waals surface area contributed by atoms with Crippen LogP contribution in [0, 0.1) is 0 Å². The van der Waals surface area contributed by atoms with Crippen LogP contribution in [-0.2, 0) is 49.3 Å². The lowest BCUT2D eigenvalue weighted by molar-refractivity contribution is -0.191. The highest BCUT2D eigenvalue weighted by atomic mass is 79.9. The number of ether oxygens (including phenoxy) is 2. The Bertz CT molecular complexity index is 1870. The summed E-state index contributed by atoms with van der Waals surface area (Å²) in [5.41, 5.74) is 0.682. The van der Waals surface area contributed by atoms with Crippen molar-refractivity contribution in [3.8, 4) is 0 Å². The molecular formula is C37H33BrF6N2O7. The van der Waals surface area contributed by atoms with E-state index in [0.29, 0.717) is 23.2 Å². The minimum absolute atomic E-state index is 0.0900. The summed E-state index contributed by atoms with van der Waals surface area (Å²) < 4.78 is 87.7. The lowest BCUT2D eigenvalue weighted by atomic mass is 10.1. The van der Waals surface area contributed by atoms with E-state index in [9.17, 15) is 40.7 Å². The topological polar surface area (TPSA) is 110 Å². The molecule has 0 atom stereocenters.